The van der Waals surface area contributed by atoms with Gasteiger partial charge in [-0.1, -0.05) is 48.0 Å². The number of rotatable bonds is 9. The average Bonchev–Trinajstić information content (AvgIpc) is 3.30. The second-order valence-electron chi connectivity index (χ2n) is 7.95. The molecule has 0 aliphatic rings. The fourth-order valence-electron chi connectivity index (χ4n) is 3.79. The molecule has 8 heteroatoms. The molecule has 1 amide bonds. The maximum absolute atomic E-state index is 13.9. The Hall–Kier alpha value is -4.28. The molecule has 182 valence electrons. The van der Waals surface area contributed by atoms with E-state index in [1.54, 1.807) is 30.3 Å². The van der Waals surface area contributed by atoms with E-state index in [0.717, 1.165) is 16.5 Å². The molecule has 3 aromatic carbocycles. The molecular weight excluding hydrogens is 481 g/mol. The number of aromatic amines is 1. The molecule has 2 N–H and O–H groups in total. The minimum Gasteiger partial charge on any atom is -0.493 e. The number of H-pyrrole nitrogens is 1. The van der Waals surface area contributed by atoms with Crippen molar-refractivity contribution in [2.75, 3.05) is 13.7 Å². The lowest BCUT2D eigenvalue weighted by Gasteiger charge is -2.14. The molecule has 1 heterocycles. The first-order valence-electron chi connectivity index (χ1n) is 11.2. The van der Waals surface area contributed by atoms with E-state index in [1.807, 2.05) is 36.5 Å². The van der Waals surface area contributed by atoms with Crippen LogP contribution in [0.25, 0.3) is 17.0 Å². The van der Waals surface area contributed by atoms with Crippen LogP contribution in [0.4, 0.5) is 4.39 Å². The molecule has 0 spiro atoms. The van der Waals surface area contributed by atoms with Gasteiger partial charge in [0.05, 0.1) is 12.1 Å². The van der Waals surface area contributed by atoms with Crippen molar-refractivity contribution in [1.82, 2.24) is 10.3 Å². The molecule has 0 radical (unpaired) electrons. The normalized spacial score (nSPS) is 11.2. The van der Waals surface area contributed by atoms with E-state index in [4.69, 9.17) is 21.1 Å². The molecule has 4 rings (SSSR count). The third-order valence-corrected chi connectivity index (χ3v) is 5.89. The van der Waals surface area contributed by atoms with Crippen LogP contribution in [-0.4, -0.2) is 24.5 Å². The Morgan fingerprint density at radius 1 is 1.17 bits per heavy atom. The molecule has 0 aliphatic carbocycles. The van der Waals surface area contributed by atoms with Crippen LogP contribution in [0, 0.1) is 17.1 Å². The lowest BCUT2D eigenvalue weighted by Crippen LogP contribution is -2.26. The summed E-state index contributed by atoms with van der Waals surface area (Å²) in [4.78, 5) is 15.8. The minimum absolute atomic E-state index is 0.0414. The number of halogens is 2. The molecule has 36 heavy (non-hydrogen) atoms. The van der Waals surface area contributed by atoms with Gasteiger partial charge in [0.2, 0.25) is 0 Å². The van der Waals surface area contributed by atoms with Crippen molar-refractivity contribution in [3.8, 4) is 17.6 Å². The Balaban J connectivity index is 1.44. The predicted molar refractivity (Wildman–Crippen MR) is 137 cm³/mol. The van der Waals surface area contributed by atoms with Gasteiger partial charge in [-0.05, 0) is 47.9 Å². The second kappa shape index (κ2) is 11.4. The van der Waals surface area contributed by atoms with E-state index in [2.05, 4.69) is 10.3 Å². The quantitative estimate of drug-likeness (QED) is 0.223. The number of benzene rings is 3. The van der Waals surface area contributed by atoms with Gasteiger partial charge in [0.15, 0.2) is 11.5 Å². The summed E-state index contributed by atoms with van der Waals surface area (Å²) in [5.41, 5.74) is 2.89. The summed E-state index contributed by atoms with van der Waals surface area (Å²) in [7, 11) is 1.44. The van der Waals surface area contributed by atoms with E-state index in [0.29, 0.717) is 29.8 Å². The molecule has 0 aliphatic heterocycles. The Morgan fingerprint density at radius 2 is 1.94 bits per heavy atom. The van der Waals surface area contributed by atoms with Crippen molar-refractivity contribution in [2.45, 2.75) is 13.0 Å². The van der Waals surface area contributed by atoms with E-state index in [1.165, 1.54) is 19.3 Å². The number of methoxy groups -OCH3 is 1. The summed E-state index contributed by atoms with van der Waals surface area (Å²) in [5, 5.41) is 13.6. The molecule has 0 fully saturated rings. The molecule has 1 aromatic heterocycles. The molecular formula is C28H23ClFN3O3. The molecule has 0 bridgehead atoms. The maximum Gasteiger partial charge on any atom is 0.261 e. The van der Waals surface area contributed by atoms with Crippen LogP contribution in [0.5, 0.6) is 11.5 Å². The lowest BCUT2D eigenvalue weighted by atomic mass is 10.1. The number of hydrogen-bond donors (Lipinski definition) is 2. The van der Waals surface area contributed by atoms with Gasteiger partial charge in [-0.3, -0.25) is 4.79 Å². The monoisotopic (exact) mass is 503 g/mol. The van der Waals surface area contributed by atoms with E-state index in [9.17, 15) is 14.4 Å². The number of para-hydroxylation sites is 1. The molecule has 6 nitrogen and oxygen atoms in total. The Bertz CT molecular complexity index is 1470. The minimum atomic E-state index is -0.493. The van der Waals surface area contributed by atoms with Gasteiger partial charge in [-0.25, -0.2) is 4.39 Å². The van der Waals surface area contributed by atoms with Crippen LogP contribution in [0.1, 0.15) is 16.7 Å². The molecule has 0 atom stereocenters. The highest BCUT2D eigenvalue weighted by Crippen LogP contribution is 2.37. The SMILES string of the molecule is COc1cc(C=C(C#N)C(=O)NCCc2c[nH]c3ccccc23)cc(Cl)c1OCc1ccccc1F. The molecule has 4 aromatic rings. The van der Waals surface area contributed by atoms with Gasteiger partial charge < -0.3 is 19.8 Å². The Labute approximate surface area is 212 Å². The number of carbonyl (C=O) groups is 1. The summed E-state index contributed by atoms with van der Waals surface area (Å²) in [6, 6.07) is 19.3. The van der Waals surface area contributed by atoms with Gasteiger partial charge in [-0.15, -0.1) is 0 Å². The topological polar surface area (TPSA) is 87.1 Å². The van der Waals surface area contributed by atoms with Crippen molar-refractivity contribution in [3.63, 3.8) is 0 Å². The van der Waals surface area contributed by atoms with Gasteiger partial charge in [0.1, 0.15) is 24.1 Å². The van der Waals surface area contributed by atoms with Gasteiger partial charge in [-0.2, -0.15) is 5.26 Å². The van der Waals surface area contributed by atoms with Crippen LogP contribution >= 0.6 is 11.6 Å². The fraction of sp³-hybridized carbons (Fsp3) is 0.143. The number of aromatic nitrogens is 1. The van der Waals surface area contributed by atoms with E-state index >= 15 is 0 Å². The average molecular weight is 504 g/mol. The predicted octanol–water partition coefficient (Wildman–Crippen LogP) is 5.81. The standard InChI is InChI=1S/C28H23ClFN3O3/c1-35-26-14-18(13-23(29)27(26)36-17-20-6-2-4-8-24(20)30)12-21(15-31)28(34)32-11-10-19-16-33-25-9-5-3-7-22(19)25/h2-9,12-14,16,33H,10-11,17H2,1H3,(H,32,34). The summed E-state index contributed by atoms with van der Waals surface area (Å²) >= 11 is 6.40. The van der Waals surface area contributed by atoms with Crippen LogP contribution in [0.15, 0.2) is 72.4 Å². The Kier molecular flexibility index (Phi) is 7.89. The first-order chi connectivity index (χ1) is 17.5. The molecule has 0 saturated heterocycles. The van der Waals surface area contributed by atoms with Gasteiger partial charge in [0.25, 0.3) is 5.91 Å². The van der Waals surface area contributed by atoms with Gasteiger partial charge in [0, 0.05) is 29.2 Å². The first kappa shape index (κ1) is 24.8. The summed E-state index contributed by atoms with van der Waals surface area (Å²) in [6.45, 7) is 0.326. The lowest BCUT2D eigenvalue weighted by molar-refractivity contribution is -0.117. The smallest absolute Gasteiger partial charge is 0.261 e. The van der Waals surface area contributed by atoms with Crippen LogP contribution in [0.3, 0.4) is 0 Å². The zero-order valence-corrected chi connectivity index (χ0v) is 20.2. The number of carbonyl (C=O) groups excluding carboxylic acids is 1. The van der Waals surface area contributed by atoms with E-state index in [-0.39, 0.29) is 28.8 Å². The number of hydrogen-bond acceptors (Lipinski definition) is 4. The van der Waals surface area contributed by atoms with Crippen molar-refractivity contribution < 1.29 is 18.7 Å². The number of nitrogens with one attached hydrogen (secondary N) is 2. The van der Waals surface area contributed by atoms with Crippen molar-refractivity contribution in [1.29, 1.82) is 5.26 Å². The van der Waals surface area contributed by atoms with E-state index < -0.39 is 5.91 Å². The maximum atomic E-state index is 13.9. The molecule has 0 unspecified atom stereocenters. The summed E-state index contributed by atoms with van der Waals surface area (Å²) in [5.74, 6) is -0.350. The summed E-state index contributed by atoms with van der Waals surface area (Å²) in [6.07, 6.45) is 3.96. The highest BCUT2D eigenvalue weighted by Gasteiger charge is 2.15. The fourth-order valence-corrected chi connectivity index (χ4v) is 4.06. The zero-order valence-electron chi connectivity index (χ0n) is 19.5. The largest absolute Gasteiger partial charge is 0.493 e. The third-order valence-electron chi connectivity index (χ3n) is 5.61. The molecule has 0 saturated carbocycles. The zero-order chi connectivity index (χ0) is 25.5. The highest BCUT2D eigenvalue weighted by molar-refractivity contribution is 6.32. The third kappa shape index (κ3) is 5.68. The number of fused-ring (bicyclic) bond motifs is 1. The number of ether oxygens (including phenoxy) is 2. The van der Waals surface area contributed by atoms with Crippen LogP contribution < -0.4 is 14.8 Å². The van der Waals surface area contributed by atoms with Crippen LogP contribution in [0.2, 0.25) is 5.02 Å². The number of amides is 1. The van der Waals surface area contributed by atoms with Crippen LogP contribution in [-0.2, 0) is 17.8 Å². The second-order valence-corrected chi connectivity index (χ2v) is 8.36. The first-order valence-corrected chi connectivity index (χ1v) is 11.6. The number of nitriles is 1. The van der Waals surface area contributed by atoms with Crippen molar-refractivity contribution >= 4 is 34.5 Å². The van der Waals surface area contributed by atoms with Crippen molar-refractivity contribution in [2.24, 2.45) is 0 Å². The Morgan fingerprint density at radius 3 is 2.72 bits per heavy atom. The summed E-state index contributed by atoms with van der Waals surface area (Å²) < 4.78 is 25.0. The van der Waals surface area contributed by atoms with Gasteiger partial charge >= 0.3 is 0 Å². The number of nitrogens with zero attached hydrogens (tertiary/aromatic N) is 1. The van der Waals surface area contributed by atoms with Crippen molar-refractivity contribution in [3.05, 3.63) is 100.0 Å². The highest BCUT2D eigenvalue weighted by atomic mass is 35.5.